The Bertz CT molecular complexity index is 1440. The molecule has 2 heterocycles. The van der Waals surface area contributed by atoms with Crippen LogP contribution in [0.15, 0.2) is 0 Å². The van der Waals surface area contributed by atoms with Crippen molar-refractivity contribution in [1.29, 1.82) is 0 Å². The van der Waals surface area contributed by atoms with E-state index in [9.17, 15) is 75.3 Å². The van der Waals surface area contributed by atoms with Crippen LogP contribution in [0.4, 0.5) is 0 Å². The lowest BCUT2D eigenvalue weighted by atomic mass is 9.87. The summed E-state index contributed by atoms with van der Waals surface area (Å²) >= 11 is 0. The minimum Gasteiger partial charge on any atom is -0.477 e. The highest BCUT2D eigenvalue weighted by Crippen LogP contribution is 2.38. The monoisotopic (exact) mass is 943 g/mol. The molecular formula is C42H78N4O19. The average Bonchev–Trinajstić information content (AvgIpc) is 3.27. The molecule has 0 aromatic rings. The number of nitrogens with two attached hydrogens (primary N) is 1. The first-order valence-corrected chi connectivity index (χ1v) is 22.9. The summed E-state index contributed by atoms with van der Waals surface area (Å²) in [5, 5.41) is 127. The molecule has 0 aliphatic carbocycles. The Morgan fingerprint density at radius 3 is 1.54 bits per heavy atom. The average molecular weight is 943 g/mol. The van der Waals surface area contributed by atoms with E-state index in [-0.39, 0.29) is 19.4 Å². The number of hydrogen-bond acceptors (Lipinski definition) is 19. The normalized spacial score (nSPS) is 29.7. The molecule has 0 spiro atoms. The van der Waals surface area contributed by atoms with Crippen molar-refractivity contribution < 1.29 is 94.3 Å². The quantitative estimate of drug-likeness (QED) is 0.0300. The number of aliphatic carboxylic acids is 2. The summed E-state index contributed by atoms with van der Waals surface area (Å²) in [6, 6.07) is -4.65. The Labute approximate surface area is 380 Å². The van der Waals surface area contributed by atoms with E-state index in [0.717, 1.165) is 32.1 Å². The molecule has 2 aliphatic rings. The molecule has 2 saturated heterocycles. The molecule has 23 nitrogen and oxygen atoms in total. The van der Waals surface area contributed by atoms with E-state index in [1.807, 2.05) is 0 Å². The van der Waals surface area contributed by atoms with Crippen molar-refractivity contribution in [2.24, 2.45) is 5.73 Å². The van der Waals surface area contributed by atoms with Gasteiger partial charge in [-0.1, -0.05) is 78.6 Å². The van der Waals surface area contributed by atoms with Crippen LogP contribution in [0, 0.1) is 0 Å². The smallest absolute Gasteiger partial charge is 0.364 e. The van der Waals surface area contributed by atoms with Gasteiger partial charge in [0.05, 0.1) is 55.8 Å². The van der Waals surface area contributed by atoms with Crippen molar-refractivity contribution in [3.05, 3.63) is 0 Å². The van der Waals surface area contributed by atoms with E-state index < -0.39 is 147 Å². The molecule has 2 amide bonds. The van der Waals surface area contributed by atoms with E-state index in [1.54, 1.807) is 0 Å². The molecule has 2 aliphatic heterocycles. The number of nitrogens with one attached hydrogen (secondary N) is 3. The van der Waals surface area contributed by atoms with E-state index in [2.05, 4.69) is 22.9 Å². The molecular weight excluding hydrogens is 864 g/mol. The largest absolute Gasteiger partial charge is 0.477 e. The van der Waals surface area contributed by atoms with E-state index >= 15 is 0 Å². The standard InChI is InChI=1S/C42H78N4O19/c1-5-8-9-10-11-12-13-14-15-16-17-44-20-26(52)37-32(45-29(53)6-2)24(50)18-41(64-37,39(58)59)63-28(22-48)35(56)38-33(46-30(54)7-3)25(51)19-42(65-38,40(60)61)62-27(21-47)34(55)36(57)31(43)23(4)49/h23-28,31-38,44,47-52,55-57H,5-22,43H2,1-4H3,(H,45,53)(H,46,54)(H,58,59)(H,60,61). The first-order chi connectivity index (χ1) is 30.7. The van der Waals surface area contributed by atoms with Crippen molar-refractivity contribution in [1.82, 2.24) is 16.0 Å². The van der Waals surface area contributed by atoms with E-state index in [4.69, 9.17) is 24.7 Å². The number of ether oxygens (including phenoxy) is 4. The van der Waals surface area contributed by atoms with Crippen LogP contribution < -0.4 is 21.7 Å². The number of carboxylic acids is 2. The molecule has 0 saturated carbocycles. The van der Waals surface area contributed by atoms with Crippen molar-refractivity contribution in [2.75, 3.05) is 26.3 Å². The van der Waals surface area contributed by atoms with Crippen LogP contribution in [0.25, 0.3) is 0 Å². The van der Waals surface area contributed by atoms with Gasteiger partial charge in [0, 0.05) is 32.2 Å². The lowest BCUT2D eigenvalue weighted by molar-refractivity contribution is -0.351. The zero-order valence-corrected chi connectivity index (χ0v) is 38.1. The Morgan fingerprint density at radius 2 is 1.11 bits per heavy atom. The van der Waals surface area contributed by atoms with Gasteiger partial charge in [0.1, 0.15) is 42.7 Å². The van der Waals surface area contributed by atoms with Gasteiger partial charge in [-0.05, 0) is 19.9 Å². The molecule has 16 atom stereocenters. The van der Waals surface area contributed by atoms with Crippen LogP contribution >= 0.6 is 0 Å². The summed E-state index contributed by atoms with van der Waals surface area (Å²) in [6.07, 6.45) is -12.7. The lowest BCUT2D eigenvalue weighted by Crippen LogP contribution is -2.71. The van der Waals surface area contributed by atoms with Gasteiger partial charge in [0.25, 0.3) is 11.6 Å². The van der Waals surface area contributed by atoms with Gasteiger partial charge < -0.3 is 96.8 Å². The first kappa shape index (κ1) is 58.4. The third-order valence-corrected chi connectivity index (χ3v) is 12.0. The molecule has 0 aromatic heterocycles. The second kappa shape index (κ2) is 28.6. The lowest BCUT2D eigenvalue weighted by Gasteiger charge is -2.50. The maximum atomic E-state index is 13.1. The van der Waals surface area contributed by atoms with Crippen molar-refractivity contribution >= 4 is 23.8 Å². The van der Waals surface area contributed by atoms with Crippen LogP contribution in [0.3, 0.4) is 0 Å². The van der Waals surface area contributed by atoms with Crippen LogP contribution in [-0.4, -0.2) is 203 Å². The zero-order chi connectivity index (χ0) is 49.1. The summed E-state index contributed by atoms with van der Waals surface area (Å²) in [4.78, 5) is 51.3. The third-order valence-electron chi connectivity index (χ3n) is 12.0. The molecule has 65 heavy (non-hydrogen) atoms. The maximum absolute atomic E-state index is 13.1. The molecule has 23 heteroatoms. The second-order valence-corrected chi connectivity index (χ2v) is 17.1. The molecule has 16 N–H and O–H groups in total. The number of unbranched alkanes of at least 4 members (excludes halogenated alkanes) is 9. The number of rotatable bonds is 32. The van der Waals surface area contributed by atoms with Gasteiger partial charge in [0.15, 0.2) is 0 Å². The SMILES string of the molecule is CCCCCCCCCCCCNCC(O)C1OC(OC(CO)C(O)C2OC(OC(CO)C(O)C(O)C(N)C(C)O)(C(=O)O)CC(O)C2NC(=O)CC)(C(=O)O)CC(O)C1NC(=O)CC. The van der Waals surface area contributed by atoms with Crippen molar-refractivity contribution in [3.8, 4) is 0 Å². The summed E-state index contributed by atoms with van der Waals surface area (Å²) in [7, 11) is 0. The number of carbonyl (C=O) groups is 4. The summed E-state index contributed by atoms with van der Waals surface area (Å²) in [5.41, 5.74) is 5.73. The Hall–Kier alpha value is -2.72. The number of aliphatic hydroxyl groups is 9. The highest BCUT2D eigenvalue weighted by atomic mass is 16.8. The molecule has 0 bridgehead atoms. The van der Waals surface area contributed by atoms with Crippen molar-refractivity contribution in [3.63, 3.8) is 0 Å². The van der Waals surface area contributed by atoms with Gasteiger partial charge in [-0.2, -0.15) is 0 Å². The summed E-state index contributed by atoms with van der Waals surface area (Å²) in [6.45, 7) is 4.09. The Balaban J connectivity index is 2.43. The zero-order valence-electron chi connectivity index (χ0n) is 38.1. The highest BCUT2D eigenvalue weighted by molar-refractivity contribution is 5.78. The molecule has 2 rings (SSSR count). The minimum atomic E-state index is -3.12. The molecule has 0 aromatic carbocycles. The molecule has 0 radical (unpaired) electrons. The number of carbonyl (C=O) groups excluding carboxylic acids is 2. The van der Waals surface area contributed by atoms with Gasteiger partial charge in [0.2, 0.25) is 11.8 Å². The fraction of sp³-hybridized carbons (Fsp3) is 0.905. The predicted octanol–water partition coefficient (Wildman–Crippen LogP) is -2.95. The van der Waals surface area contributed by atoms with Crippen LogP contribution in [0.5, 0.6) is 0 Å². The third kappa shape index (κ3) is 16.8. The number of aliphatic hydroxyl groups excluding tert-OH is 9. The van der Waals surface area contributed by atoms with Crippen LogP contribution in [-0.2, 0) is 38.1 Å². The summed E-state index contributed by atoms with van der Waals surface area (Å²) in [5.74, 6) is -11.4. The Kier molecular flexibility index (Phi) is 25.7. The Morgan fingerprint density at radius 1 is 0.677 bits per heavy atom. The number of amides is 2. The minimum absolute atomic E-state index is 0.0547. The fourth-order valence-electron chi connectivity index (χ4n) is 7.95. The molecule has 16 unspecified atom stereocenters. The van der Waals surface area contributed by atoms with Gasteiger partial charge in [-0.25, -0.2) is 9.59 Å². The van der Waals surface area contributed by atoms with Gasteiger partial charge >= 0.3 is 11.9 Å². The van der Waals surface area contributed by atoms with Crippen LogP contribution in [0.1, 0.15) is 118 Å². The second-order valence-electron chi connectivity index (χ2n) is 17.1. The first-order valence-electron chi connectivity index (χ1n) is 22.9. The predicted molar refractivity (Wildman–Crippen MR) is 228 cm³/mol. The maximum Gasteiger partial charge on any atom is 0.364 e. The number of hydrogen-bond donors (Lipinski definition) is 15. The molecule has 380 valence electrons. The van der Waals surface area contributed by atoms with Gasteiger partial charge in [-0.3, -0.25) is 9.59 Å². The van der Waals surface area contributed by atoms with Gasteiger partial charge in [-0.15, -0.1) is 0 Å². The van der Waals surface area contributed by atoms with E-state index in [1.165, 1.54) is 52.9 Å². The molecule has 2 fully saturated rings. The number of carboxylic acid groups (broad SMARTS) is 2. The fourth-order valence-corrected chi connectivity index (χ4v) is 7.95. The van der Waals surface area contributed by atoms with E-state index in [0.29, 0.717) is 6.54 Å². The van der Waals surface area contributed by atoms with Crippen molar-refractivity contribution in [2.45, 2.75) is 214 Å². The topological polar surface area (TPSA) is 390 Å². The van der Waals surface area contributed by atoms with Crippen LogP contribution in [0.2, 0.25) is 0 Å². The highest BCUT2D eigenvalue weighted by Gasteiger charge is 2.60. The summed E-state index contributed by atoms with van der Waals surface area (Å²) < 4.78 is 23.0.